The first-order valence-corrected chi connectivity index (χ1v) is 11.1. The molecule has 3 N–H and O–H groups in total. The quantitative estimate of drug-likeness (QED) is 0.491. The van der Waals surface area contributed by atoms with Crippen LogP contribution in [0.1, 0.15) is 85.0 Å². The van der Waals surface area contributed by atoms with E-state index >= 15 is 0 Å². The standard InChI is InChI=1S/C25H30FN3O/c1-2-3-8-17-12-18(9-10-21(17)24(27)30)22(11-16-6-4-5-7-16)23-14-19-13-20(26)15-28-25(19)29-23/h9-10,12-16,22H,2-8,11H2,1H3,(H2,27,30)(H,28,29). The fourth-order valence-electron chi connectivity index (χ4n) is 4.86. The van der Waals surface area contributed by atoms with Crippen molar-refractivity contribution in [2.75, 3.05) is 0 Å². The van der Waals surface area contributed by atoms with Gasteiger partial charge in [-0.1, -0.05) is 51.2 Å². The number of primary amides is 1. The first-order chi connectivity index (χ1) is 14.5. The Labute approximate surface area is 177 Å². The number of aryl methyl sites for hydroxylation is 1. The van der Waals surface area contributed by atoms with Crippen molar-refractivity contribution >= 4 is 16.9 Å². The van der Waals surface area contributed by atoms with Crippen molar-refractivity contribution in [2.45, 2.75) is 64.2 Å². The first kappa shape index (κ1) is 20.6. The molecule has 1 fully saturated rings. The molecule has 1 aliphatic rings. The second kappa shape index (κ2) is 8.99. The maximum absolute atomic E-state index is 13.7. The number of fused-ring (bicyclic) bond motifs is 1. The number of benzene rings is 1. The van der Waals surface area contributed by atoms with E-state index in [4.69, 9.17) is 5.73 Å². The van der Waals surface area contributed by atoms with Crippen LogP contribution < -0.4 is 5.73 Å². The van der Waals surface area contributed by atoms with E-state index in [-0.39, 0.29) is 17.6 Å². The number of hydrogen-bond acceptors (Lipinski definition) is 2. The number of halogens is 1. The van der Waals surface area contributed by atoms with Crippen LogP contribution in [-0.4, -0.2) is 15.9 Å². The van der Waals surface area contributed by atoms with Gasteiger partial charge < -0.3 is 10.7 Å². The summed E-state index contributed by atoms with van der Waals surface area (Å²) < 4.78 is 13.7. The van der Waals surface area contributed by atoms with Crippen LogP contribution in [0.4, 0.5) is 4.39 Å². The second-order valence-electron chi connectivity index (χ2n) is 8.64. The average Bonchev–Trinajstić information content (AvgIpc) is 3.39. The highest BCUT2D eigenvalue weighted by Crippen LogP contribution is 2.38. The number of nitrogens with zero attached hydrogens (tertiary/aromatic N) is 1. The SMILES string of the molecule is CCCCc1cc(C(CC2CCCC2)c2cc3cc(F)cnc3[nH]2)ccc1C(N)=O. The molecule has 1 atom stereocenters. The smallest absolute Gasteiger partial charge is 0.248 e. The summed E-state index contributed by atoms with van der Waals surface area (Å²) in [6.07, 6.45) is 10.3. The van der Waals surface area contributed by atoms with Gasteiger partial charge in [-0.05, 0) is 54.5 Å². The van der Waals surface area contributed by atoms with E-state index in [0.717, 1.165) is 42.3 Å². The lowest BCUT2D eigenvalue weighted by molar-refractivity contribution is 0.0999. The van der Waals surface area contributed by atoms with E-state index in [1.165, 1.54) is 43.5 Å². The monoisotopic (exact) mass is 407 g/mol. The van der Waals surface area contributed by atoms with Crippen molar-refractivity contribution in [1.29, 1.82) is 0 Å². The van der Waals surface area contributed by atoms with Gasteiger partial charge in [0.05, 0.1) is 6.20 Å². The minimum Gasteiger partial charge on any atom is -0.366 e. The highest BCUT2D eigenvalue weighted by molar-refractivity contribution is 5.94. The largest absolute Gasteiger partial charge is 0.366 e. The number of H-pyrrole nitrogens is 1. The van der Waals surface area contributed by atoms with Gasteiger partial charge in [-0.2, -0.15) is 0 Å². The molecule has 3 aromatic rings. The fraction of sp³-hybridized carbons (Fsp3) is 0.440. The minimum absolute atomic E-state index is 0.160. The molecule has 30 heavy (non-hydrogen) atoms. The lowest BCUT2D eigenvalue weighted by atomic mass is 9.84. The van der Waals surface area contributed by atoms with Gasteiger partial charge in [0, 0.05) is 22.6 Å². The van der Waals surface area contributed by atoms with Gasteiger partial charge in [0.15, 0.2) is 0 Å². The minimum atomic E-state index is -0.370. The van der Waals surface area contributed by atoms with Gasteiger partial charge in [0.1, 0.15) is 11.5 Å². The Bertz CT molecular complexity index is 1040. The van der Waals surface area contributed by atoms with Crippen molar-refractivity contribution in [3.05, 3.63) is 64.7 Å². The summed E-state index contributed by atoms with van der Waals surface area (Å²) in [6.45, 7) is 2.15. The van der Waals surface area contributed by atoms with E-state index in [2.05, 4.69) is 23.0 Å². The molecule has 4 nitrogen and oxygen atoms in total. The van der Waals surface area contributed by atoms with E-state index in [1.54, 1.807) is 0 Å². The Morgan fingerprint density at radius 2 is 2.07 bits per heavy atom. The molecule has 0 spiro atoms. The van der Waals surface area contributed by atoms with E-state index in [1.807, 2.05) is 18.2 Å². The number of unbranched alkanes of at least 4 members (excludes halogenated alkanes) is 1. The number of nitrogens with two attached hydrogens (primary N) is 1. The molecule has 1 aliphatic carbocycles. The van der Waals surface area contributed by atoms with Crippen LogP contribution in [-0.2, 0) is 6.42 Å². The van der Waals surface area contributed by atoms with Crippen LogP contribution in [0.3, 0.4) is 0 Å². The van der Waals surface area contributed by atoms with Gasteiger partial charge in [-0.25, -0.2) is 9.37 Å². The van der Waals surface area contributed by atoms with E-state index < -0.39 is 0 Å². The molecule has 1 unspecified atom stereocenters. The number of rotatable bonds is 8. The molecule has 1 aromatic carbocycles. The molecule has 1 saturated carbocycles. The Morgan fingerprint density at radius 3 is 2.80 bits per heavy atom. The summed E-state index contributed by atoms with van der Waals surface area (Å²) in [7, 11) is 0. The summed E-state index contributed by atoms with van der Waals surface area (Å²) in [5, 5.41) is 0.793. The number of aromatic nitrogens is 2. The van der Waals surface area contributed by atoms with Crippen LogP contribution in [0.25, 0.3) is 11.0 Å². The Kier molecular flexibility index (Phi) is 6.16. The van der Waals surface area contributed by atoms with Crippen LogP contribution >= 0.6 is 0 Å². The molecule has 5 heteroatoms. The number of pyridine rings is 1. The summed E-state index contributed by atoms with van der Waals surface area (Å²) >= 11 is 0. The number of amides is 1. The summed E-state index contributed by atoms with van der Waals surface area (Å²) in [5.41, 5.74) is 10.2. The maximum Gasteiger partial charge on any atom is 0.248 e. The maximum atomic E-state index is 13.7. The molecule has 0 aliphatic heterocycles. The molecule has 0 saturated heterocycles. The third kappa shape index (κ3) is 4.40. The van der Waals surface area contributed by atoms with Crippen molar-refractivity contribution in [3.63, 3.8) is 0 Å². The number of aromatic amines is 1. The topological polar surface area (TPSA) is 71.8 Å². The summed E-state index contributed by atoms with van der Waals surface area (Å²) in [5.74, 6) is 0.145. The predicted molar refractivity (Wildman–Crippen MR) is 118 cm³/mol. The van der Waals surface area contributed by atoms with Crippen LogP contribution in [0.15, 0.2) is 36.5 Å². The van der Waals surface area contributed by atoms with Gasteiger partial charge in [0.2, 0.25) is 5.91 Å². The highest BCUT2D eigenvalue weighted by Gasteiger charge is 2.25. The molecule has 0 radical (unpaired) electrons. The lowest BCUT2D eigenvalue weighted by Crippen LogP contribution is -2.15. The number of nitrogens with one attached hydrogen (secondary N) is 1. The molecule has 0 bridgehead atoms. The van der Waals surface area contributed by atoms with Crippen molar-refractivity contribution in [1.82, 2.24) is 9.97 Å². The average molecular weight is 408 g/mol. The fourth-order valence-corrected chi connectivity index (χ4v) is 4.86. The van der Waals surface area contributed by atoms with E-state index in [0.29, 0.717) is 17.1 Å². The second-order valence-corrected chi connectivity index (χ2v) is 8.64. The van der Waals surface area contributed by atoms with Gasteiger partial charge in [0.25, 0.3) is 0 Å². The first-order valence-electron chi connectivity index (χ1n) is 11.1. The molecule has 1 amide bonds. The third-order valence-electron chi connectivity index (χ3n) is 6.47. The van der Waals surface area contributed by atoms with Crippen LogP contribution in [0.5, 0.6) is 0 Å². The normalized spacial score (nSPS) is 15.7. The molecule has 2 aromatic heterocycles. The number of carbonyl (C=O) groups is 1. The van der Waals surface area contributed by atoms with Crippen molar-refractivity contribution in [2.24, 2.45) is 11.7 Å². The summed E-state index contributed by atoms with van der Waals surface area (Å²) in [4.78, 5) is 19.6. The van der Waals surface area contributed by atoms with Gasteiger partial charge >= 0.3 is 0 Å². The molecule has 4 rings (SSSR count). The molecular weight excluding hydrogens is 377 g/mol. The zero-order valence-electron chi connectivity index (χ0n) is 17.6. The summed E-state index contributed by atoms with van der Waals surface area (Å²) in [6, 6.07) is 9.63. The number of hydrogen-bond donors (Lipinski definition) is 2. The Morgan fingerprint density at radius 1 is 1.27 bits per heavy atom. The van der Waals surface area contributed by atoms with Crippen molar-refractivity contribution < 1.29 is 9.18 Å². The molecule has 158 valence electrons. The van der Waals surface area contributed by atoms with Gasteiger partial charge in [-0.3, -0.25) is 4.79 Å². The highest BCUT2D eigenvalue weighted by atomic mass is 19.1. The van der Waals surface area contributed by atoms with Crippen molar-refractivity contribution in [3.8, 4) is 0 Å². The Balaban J connectivity index is 1.75. The zero-order chi connectivity index (χ0) is 21.1. The zero-order valence-corrected chi connectivity index (χ0v) is 17.6. The molecular formula is C25H30FN3O. The number of carbonyl (C=O) groups excluding carboxylic acids is 1. The van der Waals surface area contributed by atoms with Crippen LogP contribution in [0, 0.1) is 11.7 Å². The molecule has 2 heterocycles. The van der Waals surface area contributed by atoms with E-state index in [9.17, 15) is 9.18 Å². The third-order valence-corrected chi connectivity index (χ3v) is 6.47. The predicted octanol–water partition coefficient (Wildman–Crippen LogP) is 5.86. The lowest BCUT2D eigenvalue weighted by Gasteiger charge is -2.22. The van der Waals surface area contributed by atoms with Gasteiger partial charge in [-0.15, -0.1) is 0 Å². The van der Waals surface area contributed by atoms with Crippen LogP contribution in [0.2, 0.25) is 0 Å². The Hall–Kier alpha value is -2.69.